The van der Waals surface area contributed by atoms with Crippen LogP contribution in [0.25, 0.3) is 0 Å². The van der Waals surface area contributed by atoms with Crippen molar-refractivity contribution in [3.8, 4) is 0 Å². The molecule has 0 aliphatic heterocycles. The Morgan fingerprint density at radius 3 is 2.53 bits per heavy atom. The van der Waals surface area contributed by atoms with Crippen molar-refractivity contribution in [3.63, 3.8) is 0 Å². The zero-order valence-corrected chi connectivity index (χ0v) is 9.95. The molecule has 0 saturated heterocycles. The number of nitrogens with two attached hydrogens (primary N) is 1. The molecule has 0 aliphatic carbocycles. The number of nitrogens with zero attached hydrogens (tertiary/aromatic N) is 2. The monoisotopic (exact) mass is 210 g/mol. The van der Waals surface area contributed by atoms with Gasteiger partial charge in [-0.25, -0.2) is 0 Å². The zero-order valence-electron chi connectivity index (χ0n) is 9.95. The Balaban J connectivity index is 2.58. The van der Waals surface area contributed by atoms with Gasteiger partial charge in [-0.05, 0) is 24.8 Å². The molecule has 0 bridgehead atoms. The van der Waals surface area contributed by atoms with Gasteiger partial charge in [0.05, 0.1) is 6.20 Å². The SMILES string of the molecule is CCC(CC)(CN)CNc1ccnn1C. The van der Waals surface area contributed by atoms with Crippen LogP contribution in [-0.2, 0) is 7.05 Å². The lowest BCUT2D eigenvalue weighted by Gasteiger charge is -2.30. The number of aromatic nitrogens is 2. The second-order valence-electron chi connectivity index (χ2n) is 4.10. The number of aryl methyl sites for hydroxylation is 1. The van der Waals surface area contributed by atoms with Crippen LogP contribution in [0, 0.1) is 5.41 Å². The van der Waals surface area contributed by atoms with Gasteiger partial charge >= 0.3 is 0 Å². The molecule has 1 rings (SSSR count). The van der Waals surface area contributed by atoms with Crippen molar-refractivity contribution in [1.82, 2.24) is 9.78 Å². The third kappa shape index (κ3) is 2.72. The normalized spacial score (nSPS) is 11.7. The fourth-order valence-corrected chi connectivity index (χ4v) is 1.69. The topological polar surface area (TPSA) is 55.9 Å². The maximum Gasteiger partial charge on any atom is 0.123 e. The van der Waals surface area contributed by atoms with Crippen LogP contribution >= 0.6 is 0 Å². The van der Waals surface area contributed by atoms with Crippen LogP contribution < -0.4 is 11.1 Å². The molecule has 3 N–H and O–H groups in total. The number of anilines is 1. The van der Waals surface area contributed by atoms with E-state index >= 15 is 0 Å². The summed E-state index contributed by atoms with van der Waals surface area (Å²) in [6, 6.07) is 1.98. The first-order chi connectivity index (χ1) is 7.17. The minimum absolute atomic E-state index is 0.213. The summed E-state index contributed by atoms with van der Waals surface area (Å²) in [4.78, 5) is 0. The molecule has 4 nitrogen and oxygen atoms in total. The van der Waals surface area contributed by atoms with Gasteiger partial charge in [-0.15, -0.1) is 0 Å². The molecule has 1 aromatic heterocycles. The van der Waals surface area contributed by atoms with Crippen molar-refractivity contribution in [2.24, 2.45) is 18.2 Å². The predicted octanol–water partition coefficient (Wildman–Crippen LogP) is 1.60. The lowest BCUT2D eigenvalue weighted by molar-refractivity contribution is 0.294. The molecule has 1 aromatic rings. The Labute approximate surface area is 91.8 Å². The summed E-state index contributed by atoms with van der Waals surface area (Å²) in [5.41, 5.74) is 6.06. The highest BCUT2D eigenvalue weighted by atomic mass is 15.3. The van der Waals surface area contributed by atoms with E-state index in [4.69, 9.17) is 5.73 Å². The van der Waals surface area contributed by atoms with Crippen molar-refractivity contribution in [1.29, 1.82) is 0 Å². The molecular formula is C11H22N4. The third-order valence-corrected chi connectivity index (χ3v) is 3.40. The molecule has 0 saturated carbocycles. The largest absolute Gasteiger partial charge is 0.370 e. The molecule has 0 fully saturated rings. The number of hydrogen-bond acceptors (Lipinski definition) is 3. The highest BCUT2D eigenvalue weighted by Gasteiger charge is 2.24. The van der Waals surface area contributed by atoms with E-state index in [9.17, 15) is 0 Å². The van der Waals surface area contributed by atoms with Crippen LogP contribution in [0.1, 0.15) is 26.7 Å². The second-order valence-corrected chi connectivity index (χ2v) is 4.10. The summed E-state index contributed by atoms with van der Waals surface area (Å²) in [6.45, 7) is 6.03. The maximum atomic E-state index is 5.84. The van der Waals surface area contributed by atoms with Crippen molar-refractivity contribution in [2.45, 2.75) is 26.7 Å². The highest BCUT2D eigenvalue weighted by molar-refractivity contribution is 5.33. The molecule has 15 heavy (non-hydrogen) atoms. The first-order valence-corrected chi connectivity index (χ1v) is 5.59. The van der Waals surface area contributed by atoms with Gasteiger partial charge in [0.1, 0.15) is 5.82 Å². The van der Waals surface area contributed by atoms with Gasteiger partial charge in [0, 0.05) is 19.7 Å². The first kappa shape index (κ1) is 12.0. The Bertz CT molecular complexity index is 280. The Kier molecular flexibility index (Phi) is 4.15. The van der Waals surface area contributed by atoms with E-state index in [0.717, 1.165) is 31.7 Å². The summed E-state index contributed by atoms with van der Waals surface area (Å²) in [5, 5.41) is 7.52. The Morgan fingerprint density at radius 1 is 1.47 bits per heavy atom. The predicted molar refractivity (Wildman–Crippen MR) is 63.8 cm³/mol. The van der Waals surface area contributed by atoms with Crippen LogP contribution in [0.5, 0.6) is 0 Å². The average molecular weight is 210 g/mol. The molecule has 0 spiro atoms. The van der Waals surface area contributed by atoms with Gasteiger partial charge in [0.25, 0.3) is 0 Å². The van der Waals surface area contributed by atoms with E-state index in [-0.39, 0.29) is 5.41 Å². The van der Waals surface area contributed by atoms with Crippen molar-refractivity contribution in [2.75, 3.05) is 18.4 Å². The van der Waals surface area contributed by atoms with E-state index in [1.54, 1.807) is 6.20 Å². The molecule has 0 unspecified atom stereocenters. The van der Waals surface area contributed by atoms with Gasteiger partial charge in [-0.1, -0.05) is 13.8 Å². The lowest BCUT2D eigenvalue weighted by atomic mass is 9.82. The average Bonchev–Trinajstić information content (AvgIpc) is 2.67. The molecule has 0 atom stereocenters. The minimum atomic E-state index is 0.213. The molecule has 86 valence electrons. The quantitative estimate of drug-likeness (QED) is 0.750. The first-order valence-electron chi connectivity index (χ1n) is 5.59. The third-order valence-electron chi connectivity index (χ3n) is 3.40. The summed E-state index contributed by atoms with van der Waals surface area (Å²) >= 11 is 0. The molecule has 4 heteroatoms. The van der Waals surface area contributed by atoms with Crippen LogP contribution in [0.3, 0.4) is 0 Å². The Morgan fingerprint density at radius 2 is 2.13 bits per heavy atom. The van der Waals surface area contributed by atoms with Gasteiger partial charge in [-0.3, -0.25) is 4.68 Å². The van der Waals surface area contributed by atoms with Crippen LogP contribution in [-0.4, -0.2) is 22.9 Å². The lowest BCUT2D eigenvalue weighted by Crippen LogP contribution is -2.36. The standard InChI is InChI=1S/C11H22N4/c1-4-11(5-2,8-12)9-13-10-6-7-14-15(10)3/h6-7,13H,4-5,8-9,12H2,1-3H3. The summed E-state index contributed by atoms with van der Waals surface area (Å²) in [6.07, 6.45) is 4.00. The van der Waals surface area contributed by atoms with Gasteiger partial charge in [0.2, 0.25) is 0 Å². The van der Waals surface area contributed by atoms with E-state index < -0.39 is 0 Å². The number of rotatable bonds is 6. The van der Waals surface area contributed by atoms with Crippen LogP contribution in [0.2, 0.25) is 0 Å². The Hall–Kier alpha value is -1.03. The number of nitrogens with one attached hydrogen (secondary N) is 1. The van der Waals surface area contributed by atoms with Gasteiger partial charge in [-0.2, -0.15) is 5.10 Å². The fraction of sp³-hybridized carbons (Fsp3) is 0.727. The van der Waals surface area contributed by atoms with Crippen LogP contribution in [0.15, 0.2) is 12.3 Å². The molecule has 0 aliphatic rings. The van der Waals surface area contributed by atoms with Crippen LogP contribution in [0.4, 0.5) is 5.82 Å². The molecule has 0 amide bonds. The van der Waals surface area contributed by atoms with E-state index in [1.165, 1.54) is 0 Å². The molecular weight excluding hydrogens is 188 g/mol. The van der Waals surface area contributed by atoms with E-state index in [1.807, 2.05) is 17.8 Å². The smallest absolute Gasteiger partial charge is 0.123 e. The summed E-state index contributed by atoms with van der Waals surface area (Å²) in [7, 11) is 1.93. The number of hydrogen-bond donors (Lipinski definition) is 2. The highest BCUT2D eigenvalue weighted by Crippen LogP contribution is 2.25. The molecule has 0 aromatic carbocycles. The van der Waals surface area contributed by atoms with Crippen molar-refractivity contribution < 1.29 is 0 Å². The zero-order chi connectivity index (χ0) is 11.3. The van der Waals surface area contributed by atoms with E-state index in [0.29, 0.717) is 0 Å². The molecule has 1 heterocycles. The maximum absolute atomic E-state index is 5.84. The summed E-state index contributed by atoms with van der Waals surface area (Å²) < 4.78 is 1.84. The molecule has 0 radical (unpaired) electrons. The van der Waals surface area contributed by atoms with Crippen molar-refractivity contribution >= 4 is 5.82 Å². The van der Waals surface area contributed by atoms with E-state index in [2.05, 4.69) is 24.3 Å². The summed E-state index contributed by atoms with van der Waals surface area (Å²) in [5.74, 6) is 1.05. The second kappa shape index (κ2) is 5.16. The van der Waals surface area contributed by atoms with Gasteiger partial charge in [0.15, 0.2) is 0 Å². The van der Waals surface area contributed by atoms with Crippen molar-refractivity contribution in [3.05, 3.63) is 12.3 Å². The minimum Gasteiger partial charge on any atom is -0.370 e. The fourth-order valence-electron chi connectivity index (χ4n) is 1.69. The van der Waals surface area contributed by atoms with Gasteiger partial charge < -0.3 is 11.1 Å².